The van der Waals surface area contributed by atoms with Crippen molar-refractivity contribution in [2.75, 3.05) is 13.1 Å². The van der Waals surface area contributed by atoms with E-state index in [1.807, 2.05) is 30.3 Å². The molecule has 1 aromatic heterocycles. The first-order valence-corrected chi connectivity index (χ1v) is 12.3. The molecule has 1 aliphatic heterocycles. The number of aryl methyl sites for hydroxylation is 1. The maximum Gasteiger partial charge on any atom is 0.244 e. The molecule has 1 aliphatic rings. The van der Waals surface area contributed by atoms with Gasteiger partial charge in [0.25, 0.3) is 0 Å². The highest BCUT2D eigenvalue weighted by molar-refractivity contribution is 7.89. The van der Waals surface area contributed by atoms with E-state index >= 15 is 0 Å². The zero-order valence-electron chi connectivity index (χ0n) is 17.7. The van der Waals surface area contributed by atoms with E-state index in [0.29, 0.717) is 24.4 Å². The number of hydrogen-bond donors (Lipinski definition) is 0. The van der Waals surface area contributed by atoms with Crippen LogP contribution in [0.1, 0.15) is 47.8 Å². The van der Waals surface area contributed by atoms with E-state index in [1.54, 1.807) is 11.6 Å². The number of carbonyl (C=O) groups excluding carboxylic acids is 1. The van der Waals surface area contributed by atoms with Crippen LogP contribution in [-0.4, -0.2) is 41.1 Å². The minimum atomic E-state index is -3.85. The Hall–Kier alpha value is -2.73. The zero-order chi connectivity index (χ0) is 22.9. The van der Waals surface area contributed by atoms with Gasteiger partial charge in [-0.2, -0.15) is 9.57 Å². The van der Waals surface area contributed by atoms with Crippen LogP contribution in [0.5, 0.6) is 0 Å². The molecule has 3 aromatic rings. The van der Waals surface area contributed by atoms with Crippen LogP contribution in [0.3, 0.4) is 0 Å². The normalized spacial score (nSPS) is 16.4. The summed E-state index contributed by atoms with van der Waals surface area (Å²) in [7, 11) is -2.10. The van der Waals surface area contributed by atoms with Gasteiger partial charge in [0.15, 0.2) is 11.7 Å². The third kappa shape index (κ3) is 4.04. The van der Waals surface area contributed by atoms with Crippen LogP contribution in [-0.2, 0) is 17.1 Å². The van der Waals surface area contributed by atoms with Crippen LogP contribution in [0, 0.1) is 11.3 Å². The lowest BCUT2D eigenvalue weighted by molar-refractivity contribution is 0.0975. The molecule has 0 radical (unpaired) electrons. The Morgan fingerprint density at radius 2 is 1.81 bits per heavy atom. The van der Waals surface area contributed by atoms with Crippen molar-refractivity contribution in [3.05, 3.63) is 58.9 Å². The summed E-state index contributed by atoms with van der Waals surface area (Å²) in [5, 5.41) is 9.86. The monoisotopic (exact) mass is 470 g/mol. The van der Waals surface area contributed by atoms with Crippen LogP contribution < -0.4 is 0 Å². The van der Waals surface area contributed by atoms with Crippen LogP contribution in [0.15, 0.2) is 47.4 Å². The second kappa shape index (κ2) is 9.02. The number of para-hydroxylation sites is 2. The van der Waals surface area contributed by atoms with Gasteiger partial charge in [0.05, 0.1) is 22.1 Å². The number of nitriles is 1. The van der Waals surface area contributed by atoms with Gasteiger partial charge in [0, 0.05) is 25.7 Å². The largest absolute Gasteiger partial charge is 0.330 e. The van der Waals surface area contributed by atoms with Gasteiger partial charge in [-0.05, 0) is 43.2 Å². The molecule has 166 valence electrons. The van der Waals surface area contributed by atoms with E-state index in [2.05, 4.69) is 4.98 Å². The second-order valence-electron chi connectivity index (χ2n) is 7.91. The number of Topliss-reactive ketones (excluding diaryl/α,β-unsaturated/α-hetero) is 1. The Kier molecular flexibility index (Phi) is 6.33. The number of benzene rings is 2. The summed E-state index contributed by atoms with van der Waals surface area (Å²) in [5.74, 6) is -1.39. The Bertz CT molecular complexity index is 1320. The van der Waals surface area contributed by atoms with Crippen molar-refractivity contribution in [3.63, 3.8) is 0 Å². The molecule has 9 heteroatoms. The van der Waals surface area contributed by atoms with E-state index in [-0.39, 0.29) is 15.5 Å². The highest BCUT2D eigenvalue weighted by Crippen LogP contribution is 2.30. The summed E-state index contributed by atoms with van der Waals surface area (Å²) in [6.07, 6.45) is 3.55. The first-order valence-electron chi connectivity index (χ1n) is 10.5. The standard InChI is InChI=1S/C23H23ClN4O3S/c1-27-20-9-5-4-8-19(20)26-23(27)17(15-25)22(29)16-10-11-18(24)21(14-16)32(30,31)28-12-6-2-3-7-13-28/h4-5,8-11,14,17H,2-3,6-7,12-13H2,1H3/t17-/m1/s1. The van der Waals surface area contributed by atoms with Gasteiger partial charge in [-0.3, -0.25) is 4.79 Å². The number of aromatic nitrogens is 2. The van der Waals surface area contributed by atoms with Gasteiger partial charge in [-0.1, -0.05) is 36.6 Å². The first kappa shape index (κ1) is 22.5. The highest BCUT2D eigenvalue weighted by Gasteiger charge is 2.31. The lowest BCUT2D eigenvalue weighted by Crippen LogP contribution is -2.32. The average molecular weight is 471 g/mol. The van der Waals surface area contributed by atoms with Crippen molar-refractivity contribution >= 4 is 38.4 Å². The zero-order valence-corrected chi connectivity index (χ0v) is 19.2. The maximum absolute atomic E-state index is 13.3. The van der Waals surface area contributed by atoms with Crippen LogP contribution in [0.2, 0.25) is 5.02 Å². The van der Waals surface area contributed by atoms with E-state index in [0.717, 1.165) is 31.2 Å². The average Bonchev–Trinajstić information content (AvgIpc) is 2.96. The Morgan fingerprint density at radius 1 is 1.12 bits per heavy atom. The molecule has 32 heavy (non-hydrogen) atoms. The first-order chi connectivity index (χ1) is 15.3. The molecular weight excluding hydrogens is 448 g/mol. The van der Waals surface area contributed by atoms with E-state index < -0.39 is 21.7 Å². The predicted molar refractivity (Wildman–Crippen MR) is 122 cm³/mol. The molecule has 1 atom stereocenters. The number of nitrogens with zero attached hydrogens (tertiary/aromatic N) is 4. The number of carbonyl (C=O) groups is 1. The van der Waals surface area contributed by atoms with Crippen molar-refractivity contribution in [2.24, 2.45) is 7.05 Å². The molecule has 1 fully saturated rings. The summed E-state index contributed by atoms with van der Waals surface area (Å²) in [6, 6.07) is 13.6. The summed E-state index contributed by atoms with van der Waals surface area (Å²) >= 11 is 6.26. The highest BCUT2D eigenvalue weighted by atomic mass is 35.5. The molecule has 0 bridgehead atoms. The molecule has 0 saturated carbocycles. The summed E-state index contributed by atoms with van der Waals surface area (Å²) in [6.45, 7) is 0.856. The minimum Gasteiger partial charge on any atom is -0.330 e. The maximum atomic E-state index is 13.3. The number of ketones is 1. The third-order valence-electron chi connectivity index (χ3n) is 5.87. The number of hydrogen-bond acceptors (Lipinski definition) is 5. The Morgan fingerprint density at radius 3 is 2.47 bits per heavy atom. The molecule has 2 aromatic carbocycles. The molecule has 0 unspecified atom stereocenters. The second-order valence-corrected chi connectivity index (χ2v) is 10.2. The number of fused-ring (bicyclic) bond motifs is 1. The van der Waals surface area contributed by atoms with Gasteiger partial charge >= 0.3 is 0 Å². The van der Waals surface area contributed by atoms with Crippen LogP contribution >= 0.6 is 11.6 Å². The topological polar surface area (TPSA) is 96.1 Å². The lowest BCUT2D eigenvalue weighted by atomic mass is 9.98. The van der Waals surface area contributed by atoms with Crippen molar-refractivity contribution in [2.45, 2.75) is 36.5 Å². The molecule has 0 aliphatic carbocycles. The van der Waals surface area contributed by atoms with Gasteiger partial charge in [0.2, 0.25) is 10.0 Å². The van der Waals surface area contributed by atoms with Crippen molar-refractivity contribution in [1.29, 1.82) is 5.26 Å². The van der Waals surface area contributed by atoms with Gasteiger partial charge < -0.3 is 4.57 Å². The SMILES string of the molecule is Cn1c([C@H](C#N)C(=O)c2ccc(Cl)c(S(=O)(=O)N3CCCCCC3)c2)nc2ccccc21. The summed E-state index contributed by atoms with van der Waals surface area (Å²) < 4.78 is 29.7. The number of imidazole rings is 1. The summed E-state index contributed by atoms with van der Waals surface area (Å²) in [4.78, 5) is 17.7. The fourth-order valence-corrected chi connectivity index (χ4v) is 6.12. The number of rotatable bonds is 5. The molecule has 4 rings (SSSR count). The van der Waals surface area contributed by atoms with Crippen LogP contribution in [0.25, 0.3) is 11.0 Å². The molecular formula is C23H23ClN4O3S. The van der Waals surface area contributed by atoms with Gasteiger partial charge in [0.1, 0.15) is 10.7 Å². The minimum absolute atomic E-state index is 0.0574. The summed E-state index contributed by atoms with van der Waals surface area (Å²) in [5.41, 5.74) is 1.59. The third-order valence-corrected chi connectivity index (χ3v) is 8.25. The molecule has 7 nitrogen and oxygen atoms in total. The fraction of sp³-hybridized carbons (Fsp3) is 0.348. The number of halogens is 1. The molecule has 1 saturated heterocycles. The fourth-order valence-electron chi connectivity index (χ4n) is 4.10. The predicted octanol–water partition coefficient (Wildman–Crippen LogP) is 4.28. The van der Waals surface area contributed by atoms with Crippen LogP contribution in [0.4, 0.5) is 0 Å². The lowest BCUT2D eigenvalue weighted by Gasteiger charge is -2.21. The smallest absolute Gasteiger partial charge is 0.244 e. The molecule has 0 spiro atoms. The Balaban J connectivity index is 1.72. The van der Waals surface area contributed by atoms with E-state index in [9.17, 15) is 18.5 Å². The number of sulfonamides is 1. The Labute approximate surface area is 192 Å². The van der Waals surface area contributed by atoms with E-state index in [4.69, 9.17) is 11.6 Å². The van der Waals surface area contributed by atoms with Gasteiger partial charge in [-0.25, -0.2) is 13.4 Å². The van der Waals surface area contributed by atoms with Crippen molar-refractivity contribution in [1.82, 2.24) is 13.9 Å². The molecule has 0 amide bonds. The van der Waals surface area contributed by atoms with E-state index in [1.165, 1.54) is 22.5 Å². The quantitative estimate of drug-likeness (QED) is 0.518. The van der Waals surface area contributed by atoms with Gasteiger partial charge in [-0.15, -0.1) is 0 Å². The molecule has 2 heterocycles. The molecule has 0 N–H and O–H groups in total. The van der Waals surface area contributed by atoms with Crippen molar-refractivity contribution < 1.29 is 13.2 Å². The van der Waals surface area contributed by atoms with Crippen molar-refractivity contribution in [3.8, 4) is 6.07 Å².